The lowest BCUT2D eigenvalue weighted by Gasteiger charge is -2.26. The Morgan fingerprint density at radius 1 is 1.45 bits per heavy atom. The summed E-state index contributed by atoms with van der Waals surface area (Å²) >= 11 is 3.36. The van der Waals surface area contributed by atoms with Gasteiger partial charge in [0.1, 0.15) is 5.54 Å². The fourth-order valence-corrected chi connectivity index (χ4v) is 2.55. The molecule has 20 heavy (non-hydrogen) atoms. The molecule has 5 nitrogen and oxygen atoms in total. The molecule has 1 fully saturated rings. The van der Waals surface area contributed by atoms with Crippen molar-refractivity contribution in [2.75, 3.05) is 0 Å². The van der Waals surface area contributed by atoms with E-state index in [-0.39, 0.29) is 5.92 Å². The van der Waals surface area contributed by atoms with Crippen LogP contribution in [0.15, 0.2) is 28.7 Å². The number of amides is 2. The van der Waals surface area contributed by atoms with Gasteiger partial charge in [0.05, 0.1) is 0 Å². The summed E-state index contributed by atoms with van der Waals surface area (Å²) in [4.78, 5) is 23.2. The van der Waals surface area contributed by atoms with Crippen LogP contribution < -0.4 is 10.6 Å². The average molecular weight is 341 g/mol. The molecule has 0 aliphatic heterocycles. The molecule has 108 valence electrons. The van der Waals surface area contributed by atoms with E-state index in [0.29, 0.717) is 6.54 Å². The summed E-state index contributed by atoms with van der Waals surface area (Å²) in [5.74, 6) is -0.964. The number of halogens is 1. The van der Waals surface area contributed by atoms with Crippen molar-refractivity contribution in [2.45, 2.75) is 31.8 Å². The molecule has 1 aliphatic carbocycles. The summed E-state index contributed by atoms with van der Waals surface area (Å²) in [6.07, 6.45) is 1.68. The lowest BCUT2D eigenvalue weighted by Crippen LogP contribution is -2.56. The van der Waals surface area contributed by atoms with Gasteiger partial charge in [-0.2, -0.15) is 0 Å². The quantitative estimate of drug-likeness (QED) is 0.770. The number of urea groups is 1. The summed E-state index contributed by atoms with van der Waals surface area (Å²) in [5, 5.41) is 14.5. The standard InChI is InChI=1S/C14H17BrN2O3/c1-14(12(18)19,10-5-6-10)17-13(20)16-8-9-3-2-4-11(15)7-9/h2-4,7,10H,5-6,8H2,1H3,(H,18,19)(H2,16,17,20). The molecule has 0 saturated heterocycles. The SMILES string of the molecule is CC(NC(=O)NCc1cccc(Br)c1)(C(=O)O)C1CC1. The smallest absolute Gasteiger partial charge is 0.329 e. The first-order valence-corrected chi connectivity index (χ1v) is 7.25. The average Bonchev–Trinajstić information content (AvgIpc) is 3.20. The molecule has 2 amide bonds. The molecule has 1 saturated carbocycles. The van der Waals surface area contributed by atoms with Gasteiger partial charge in [0, 0.05) is 11.0 Å². The molecule has 1 unspecified atom stereocenters. The Kier molecular flexibility index (Phi) is 4.32. The van der Waals surface area contributed by atoms with Crippen molar-refractivity contribution in [1.82, 2.24) is 10.6 Å². The van der Waals surface area contributed by atoms with E-state index in [1.54, 1.807) is 6.92 Å². The van der Waals surface area contributed by atoms with Crippen molar-refractivity contribution in [1.29, 1.82) is 0 Å². The van der Waals surface area contributed by atoms with Gasteiger partial charge in [0.2, 0.25) is 0 Å². The van der Waals surface area contributed by atoms with Crippen molar-refractivity contribution >= 4 is 27.9 Å². The fraction of sp³-hybridized carbons (Fsp3) is 0.429. The van der Waals surface area contributed by atoms with Crippen molar-refractivity contribution in [3.8, 4) is 0 Å². The molecular formula is C14H17BrN2O3. The molecule has 0 bridgehead atoms. The van der Waals surface area contributed by atoms with Gasteiger partial charge in [0.15, 0.2) is 0 Å². The fourth-order valence-electron chi connectivity index (χ4n) is 2.10. The second-order valence-corrected chi connectivity index (χ2v) is 6.14. The zero-order chi connectivity index (χ0) is 14.8. The molecule has 2 rings (SSSR count). The number of rotatable bonds is 5. The number of carboxylic acids is 1. The third-order valence-electron chi connectivity index (χ3n) is 3.55. The highest BCUT2D eigenvalue weighted by atomic mass is 79.9. The van der Waals surface area contributed by atoms with Crippen LogP contribution in [-0.4, -0.2) is 22.6 Å². The number of nitrogens with one attached hydrogen (secondary N) is 2. The highest BCUT2D eigenvalue weighted by Gasteiger charge is 2.48. The molecule has 0 spiro atoms. The van der Waals surface area contributed by atoms with Gasteiger partial charge in [0.25, 0.3) is 0 Å². The van der Waals surface area contributed by atoms with Crippen LogP contribution in [0.2, 0.25) is 0 Å². The summed E-state index contributed by atoms with van der Waals surface area (Å²) in [5.41, 5.74) is -0.237. The lowest BCUT2D eigenvalue weighted by molar-refractivity contribution is -0.144. The van der Waals surface area contributed by atoms with Gasteiger partial charge in [-0.1, -0.05) is 28.1 Å². The van der Waals surface area contributed by atoms with E-state index in [0.717, 1.165) is 22.9 Å². The minimum Gasteiger partial charge on any atom is -0.480 e. The summed E-state index contributed by atoms with van der Waals surface area (Å²) in [6.45, 7) is 1.91. The van der Waals surface area contributed by atoms with E-state index in [9.17, 15) is 14.7 Å². The molecule has 1 atom stereocenters. The third kappa shape index (κ3) is 3.50. The molecule has 1 aromatic carbocycles. The van der Waals surface area contributed by atoms with E-state index in [4.69, 9.17) is 0 Å². The number of carbonyl (C=O) groups excluding carboxylic acids is 1. The lowest BCUT2D eigenvalue weighted by atomic mass is 9.96. The number of carbonyl (C=O) groups is 2. The largest absolute Gasteiger partial charge is 0.480 e. The van der Waals surface area contributed by atoms with Crippen LogP contribution in [-0.2, 0) is 11.3 Å². The Hall–Kier alpha value is -1.56. The van der Waals surface area contributed by atoms with Crippen LogP contribution in [0.3, 0.4) is 0 Å². The first-order valence-electron chi connectivity index (χ1n) is 6.45. The number of hydrogen-bond acceptors (Lipinski definition) is 2. The van der Waals surface area contributed by atoms with Gasteiger partial charge in [-0.05, 0) is 43.4 Å². The van der Waals surface area contributed by atoms with Crippen molar-refractivity contribution in [3.63, 3.8) is 0 Å². The minimum atomic E-state index is -1.18. The third-order valence-corrected chi connectivity index (χ3v) is 4.05. The maximum Gasteiger partial charge on any atom is 0.329 e. The Morgan fingerprint density at radius 2 is 2.15 bits per heavy atom. The molecule has 6 heteroatoms. The monoisotopic (exact) mass is 340 g/mol. The Balaban J connectivity index is 1.90. The second kappa shape index (κ2) is 5.83. The maximum absolute atomic E-state index is 11.9. The van der Waals surface area contributed by atoms with Gasteiger partial charge >= 0.3 is 12.0 Å². The highest BCUT2D eigenvalue weighted by molar-refractivity contribution is 9.10. The van der Waals surface area contributed by atoms with Crippen LogP contribution in [0.25, 0.3) is 0 Å². The van der Waals surface area contributed by atoms with Crippen LogP contribution >= 0.6 is 15.9 Å². The van der Waals surface area contributed by atoms with E-state index in [1.807, 2.05) is 24.3 Å². The first-order chi connectivity index (χ1) is 9.41. The Bertz CT molecular complexity index is 531. The molecule has 0 heterocycles. The topological polar surface area (TPSA) is 78.4 Å². The zero-order valence-electron chi connectivity index (χ0n) is 11.1. The minimum absolute atomic E-state index is 0.0246. The van der Waals surface area contributed by atoms with Crippen LogP contribution in [0.5, 0.6) is 0 Å². The number of hydrogen-bond donors (Lipinski definition) is 3. The molecule has 1 aromatic rings. The zero-order valence-corrected chi connectivity index (χ0v) is 12.7. The summed E-state index contributed by atoms with van der Waals surface area (Å²) < 4.78 is 0.936. The second-order valence-electron chi connectivity index (χ2n) is 5.22. The van der Waals surface area contributed by atoms with Crippen LogP contribution in [0, 0.1) is 5.92 Å². The number of aliphatic carboxylic acids is 1. The van der Waals surface area contributed by atoms with Gasteiger partial charge in [-0.25, -0.2) is 9.59 Å². The Labute approximate surface area is 125 Å². The number of benzene rings is 1. The van der Waals surface area contributed by atoms with Crippen molar-refractivity contribution < 1.29 is 14.7 Å². The van der Waals surface area contributed by atoms with Crippen molar-refractivity contribution in [3.05, 3.63) is 34.3 Å². The summed E-state index contributed by atoms with van der Waals surface area (Å²) in [7, 11) is 0. The predicted molar refractivity (Wildman–Crippen MR) is 78.3 cm³/mol. The predicted octanol–water partition coefficient (Wildman–Crippen LogP) is 2.50. The molecule has 3 N–H and O–H groups in total. The van der Waals surface area contributed by atoms with E-state index < -0.39 is 17.5 Å². The molecule has 0 radical (unpaired) electrons. The van der Waals surface area contributed by atoms with Crippen LogP contribution in [0.4, 0.5) is 4.79 Å². The van der Waals surface area contributed by atoms with E-state index >= 15 is 0 Å². The van der Waals surface area contributed by atoms with Gasteiger partial charge in [-0.15, -0.1) is 0 Å². The summed E-state index contributed by atoms with van der Waals surface area (Å²) in [6, 6.07) is 7.12. The van der Waals surface area contributed by atoms with E-state index in [2.05, 4.69) is 26.6 Å². The normalized spacial score (nSPS) is 17.1. The van der Waals surface area contributed by atoms with Gasteiger partial charge < -0.3 is 15.7 Å². The van der Waals surface area contributed by atoms with Crippen molar-refractivity contribution in [2.24, 2.45) is 5.92 Å². The maximum atomic E-state index is 11.9. The van der Waals surface area contributed by atoms with Crippen LogP contribution in [0.1, 0.15) is 25.3 Å². The van der Waals surface area contributed by atoms with E-state index in [1.165, 1.54) is 0 Å². The molecule has 1 aliphatic rings. The molecule has 0 aromatic heterocycles. The van der Waals surface area contributed by atoms with Gasteiger partial charge in [-0.3, -0.25) is 0 Å². The first kappa shape index (κ1) is 14.8. The number of carboxylic acid groups (broad SMARTS) is 1. The Morgan fingerprint density at radius 3 is 2.70 bits per heavy atom. The molecular weight excluding hydrogens is 324 g/mol. The highest BCUT2D eigenvalue weighted by Crippen LogP contribution is 2.39.